The van der Waals surface area contributed by atoms with E-state index in [9.17, 15) is 4.79 Å². The van der Waals surface area contributed by atoms with Crippen molar-refractivity contribution in [2.75, 3.05) is 19.7 Å². The molecule has 0 spiro atoms. The zero-order chi connectivity index (χ0) is 16.8. The molecule has 1 aromatic carbocycles. The van der Waals surface area contributed by atoms with E-state index in [1.165, 1.54) is 0 Å². The van der Waals surface area contributed by atoms with Crippen molar-refractivity contribution in [2.45, 2.75) is 32.3 Å². The van der Waals surface area contributed by atoms with Crippen molar-refractivity contribution in [1.82, 2.24) is 13.6 Å². The first kappa shape index (κ1) is 16.7. The van der Waals surface area contributed by atoms with E-state index < -0.39 is 0 Å². The van der Waals surface area contributed by atoms with Crippen LogP contribution in [0.15, 0.2) is 30.5 Å². The fourth-order valence-corrected chi connectivity index (χ4v) is 3.19. The molecule has 0 radical (unpaired) electrons. The number of aryl methyl sites for hydroxylation is 1. The Morgan fingerprint density at radius 2 is 2.29 bits per heavy atom. The quantitative estimate of drug-likeness (QED) is 0.770. The standard InChI is InChI=1S/C17H21N3O3S/c1-2-22-15-6-4-3-5-13(15)7-8-17(21)20-10-9-14(12-20)23-16-11-18-24-19-16/h3-6,11,14H,2,7-10,12H2,1H3. The molecular weight excluding hydrogens is 326 g/mol. The number of nitrogens with zero attached hydrogens (tertiary/aromatic N) is 3. The summed E-state index contributed by atoms with van der Waals surface area (Å²) in [5.74, 6) is 1.57. The highest BCUT2D eigenvalue weighted by Crippen LogP contribution is 2.21. The lowest BCUT2D eigenvalue weighted by Gasteiger charge is -2.17. The van der Waals surface area contributed by atoms with Crippen molar-refractivity contribution in [3.63, 3.8) is 0 Å². The van der Waals surface area contributed by atoms with Crippen molar-refractivity contribution in [3.8, 4) is 11.6 Å². The van der Waals surface area contributed by atoms with Crippen LogP contribution in [0.5, 0.6) is 11.6 Å². The zero-order valence-corrected chi connectivity index (χ0v) is 14.5. The van der Waals surface area contributed by atoms with Gasteiger partial charge in [0.2, 0.25) is 11.8 Å². The van der Waals surface area contributed by atoms with Crippen LogP contribution in [0.1, 0.15) is 25.3 Å². The van der Waals surface area contributed by atoms with E-state index in [1.54, 1.807) is 6.20 Å². The Morgan fingerprint density at radius 1 is 1.42 bits per heavy atom. The minimum atomic E-state index is 0.00793. The third-order valence-electron chi connectivity index (χ3n) is 4.01. The summed E-state index contributed by atoms with van der Waals surface area (Å²) >= 11 is 1.12. The summed E-state index contributed by atoms with van der Waals surface area (Å²) in [6.07, 6.45) is 3.62. The number of hydrogen-bond acceptors (Lipinski definition) is 6. The van der Waals surface area contributed by atoms with Gasteiger partial charge in [-0.15, -0.1) is 4.37 Å². The molecule has 0 aliphatic carbocycles. The predicted octanol–water partition coefficient (Wildman–Crippen LogP) is 2.55. The smallest absolute Gasteiger partial charge is 0.246 e. The molecule has 0 N–H and O–H groups in total. The molecule has 1 unspecified atom stereocenters. The first-order chi connectivity index (χ1) is 11.8. The van der Waals surface area contributed by atoms with E-state index in [2.05, 4.69) is 8.75 Å². The van der Waals surface area contributed by atoms with Gasteiger partial charge in [0.25, 0.3) is 0 Å². The number of aromatic nitrogens is 2. The Hall–Kier alpha value is -2.15. The molecule has 1 fully saturated rings. The predicted molar refractivity (Wildman–Crippen MR) is 91.5 cm³/mol. The molecule has 0 saturated carbocycles. The van der Waals surface area contributed by atoms with Gasteiger partial charge in [-0.2, -0.15) is 4.37 Å². The average Bonchev–Trinajstić information content (AvgIpc) is 3.26. The highest BCUT2D eigenvalue weighted by atomic mass is 32.1. The Morgan fingerprint density at radius 3 is 3.08 bits per heavy atom. The lowest BCUT2D eigenvalue weighted by molar-refractivity contribution is -0.130. The molecule has 1 atom stereocenters. The van der Waals surface area contributed by atoms with Crippen molar-refractivity contribution in [3.05, 3.63) is 36.0 Å². The third kappa shape index (κ3) is 4.23. The molecule has 1 aliphatic heterocycles. The molecule has 2 heterocycles. The van der Waals surface area contributed by atoms with E-state index in [4.69, 9.17) is 9.47 Å². The van der Waals surface area contributed by atoms with Crippen LogP contribution in [0.3, 0.4) is 0 Å². The molecule has 1 aliphatic rings. The molecule has 3 rings (SSSR count). The van der Waals surface area contributed by atoms with Crippen molar-refractivity contribution < 1.29 is 14.3 Å². The second-order valence-corrected chi connectivity index (χ2v) is 6.21. The number of para-hydroxylation sites is 1. The van der Waals surface area contributed by atoms with Gasteiger partial charge in [-0.25, -0.2) is 0 Å². The summed E-state index contributed by atoms with van der Waals surface area (Å²) in [5.41, 5.74) is 1.08. The first-order valence-corrected chi connectivity index (χ1v) is 8.92. The number of likely N-dealkylation sites (tertiary alicyclic amines) is 1. The minimum absolute atomic E-state index is 0.00793. The van der Waals surface area contributed by atoms with Crippen LogP contribution in [0.2, 0.25) is 0 Å². The molecule has 7 heteroatoms. The third-order valence-corrected chi connectivity index (χ3v) is 4.47. The van der Waals surface area contributed by atoms with E-state index in [0.717, 1.165) is 36.0 Å². The molecule has 128 valence electrons. The van der Waals surface area contributed by atoms with Gasteiger partial charge in [-0.3, -0.25) is 4.79 Å². The Bertz CT molecular complexity index is 663. The van der Waals surface area contributed by atoms with Gasteiger partial charge in [-0.05, 0) is 25.0 Å². The number of hydrogen-bond donors (Lipinski definition) is 0. The van der Waals surface area contributed by atoms with E-state index in [1.807, 2.05) is 36.1 Å². The number of rotatable bonds is 7. The molecule has 1 aromatic heterocycles. The highest BCUT2D eigenvalue weighted by molar-refractivity contribution is 6.99. The maximum absolute atomic E-state index is 12.4. The van der Waals surface area contributed by atoms with Gasteiger partial charge < -0.3 is 14.4 Å². The van der Waals surface area contributed by atoms with Crippen molar-refractivity contribution in [1.29, 1.82) is 0 Å². The number of ether oxygens (including phenoxy) is 2. The fraction of sp³-hybridized carbons (Fsp3) is 0.471. The van der Waals surface area contributed by atoms with Crippen LogP contribution in [-0.2, 0) is 11.2 Å². The topological polar surface area (TPSA) is 64.5 Å². The van der Waals surface area contributed by atoms with Gasteiger partial charge in [0, 0.05) is 19.4 Å². The monoisotopic (exact) mass is 347 g/mol. The van der Waals surface area contributed by atoms with Crippen LogP contribution in [0, 0.1) is 0 Å². The van der Waals surface area contributed by atoms with E-state index in [-0.39, 0.29) is 12.0 Å². The van der Waals surface area contributed by atoms with Gasteiger partial charge in [-0.1, -0.05) is 18.2 Å². The summed E-state index contributed by atoms with van der Waals surface area (Å²) in [7, 11) is 0. The number of amides is 1. The summed E-state index contributed by atoms with van der Waals surface area (Å²) in [6.45, 7) is 3.93. The van der Waals surface area contributed by atoms with Crippen molar-refractivity contribution >= 4 is 17.6 Å². The summed E-state index contributed by atoms with van der Waals surface area (Å²) in [6, 6.07) is 7.89. The number of benzene rings is 1. The molecule has 6 nitrogen and oxygen atoms in total. The van der Waals surface area contributed by atoms with Gasteiger partial charge in [0.1, 0.15) is 18.1 Å². The lowest BCUT2D eigenvalue weighted by atomic mass is 10.1. The normalized spacial score (nSPS) is 17.0. The number of carbonyl (C=O) groups excluding carboxylic acids is 1. The molecular formula is C17H21N3O3S. The van der Waals surface area contributed by atoms with Gasteiger partial charge >= 0.3 is 0 Å². The Labute approximate surface area is 145 Å². The lowest BCUT2D eigenvalue weighted by Crippen LogP contribution is -2.31. The Balaban J connectivity index is 1.49. The molecule has 1 amide bonds. The van der Waals surface area contributed by atoms with E-state index >= 15 is 0 Å². The second-order valence-electron chi connectivity index (χ2n) is 5.65. The SMILES string of the molecule is CCOc1ccccc1CCC(=O)N1CCC(Oc2cnsn2)C1. The second kappa shape index (κ2) is 8.10. The highest BCUT2D eigenvalue weighted by Gasteiger charge is 2.27. The van der Waals surface area contributed by atoms with Crippen LogP contribution in [-0.4, -0.2) is 45.4 Å². The maximum Gasteiger partial charge on any atom is 0.246 e. The average molecular weight is 347 g/mol. The van der Waals surface area contributed by atoms with Crippen LogP contribution < -0.4 is 9.47 Å². The largest absolute Gasteiger partial charge is 0.494 e. The summed E-state index contributed by atoms with van der Waals surface area (Å²) in [5, 5.41) is 0. The van der Waals surface area contributed by atoms with Crippen LogP contribution in [0.4, 0.5) is 0 Å². The summed E-state index contributed by atoms with van der Waals surface area (Å²) in [4.78, 5) is 14.3. The van der Waals surface area contributed by atoms with Gasteiger partial charge in [0.15, 0.2) is 0 Å². The molecule has 2 aromatic rings. The molecule has 24 heavy (non-hydrogen) atoms. The Kier molecular flexibility index (Phi) is 5.63. The maximum atomic E-state index is 12.4. The van der Waals surface area contributed by atoms with E-state index in [0.29, 0.717) is 31.9 Å². The summed E-state index contributed by atoms with van der Waals surface area (Å²) < 4.78 is 19.3. The minimum Gasteiger partial charge on any atom is -0.494 e. The van der Waals surface area contributed by atoms with Gasteiger partial charge in [0.05, 0.1) is 24.9 Å². The first-order valence-electron chi connectivity index (χ1n) is 8.19. The zero-order valence-electron chi connectivity index (χ0n) is 13.7. The van der Waals surface area contributed by atoms with Crippen LogP contribution >= 0.6 is 11.7 Å². The van der Waals surface area contributed by atoms with Crippen LogP contribution in [0.25, 0.3) is 0 Å². The fourth-order valence-electron chi connectivity index (χ4n) is 2.84. The molecule has 0 bridgehead atoms. The molecule has 1 saturated heterocycles. The number of carbonyl (C=O) groups is 1. The van der Waals surface area contributed by atoms with Crippen molar-refractivity contribution in [2.24, 2.45) is 0 Å².